The smallest absolute Gasteiger partial charge is 0.370 e. The molecule has 0 saturated heterocycles. The van der Waals surface area contributed by atoms with Crippen molar-refractivity contribution in [2.24, 2.45) is 5.73 Å². The molecule has 1 aromatic heterocycles. The number of ether oxygens (including phenoxy) is 1. The van der Waals surface area contributed by atoms with Crippen LogP contribution in [0.5, 0.6) is 0 Å². The molecule has 0 fully saturated rings. The molecule has 1 unspecified atom stereocenters. The van der Waals surface area contributed by atoms with Crippen LogP contribution in [0, 0.1) is 0 Å². The number of hydrogen-bond acceptors (Lipinski definition) is 3. The van der Waals surface area contributed by atoms with E-state index in [0.717, 1.165) is 6.42 Å². The molecule has 104 valence electrons. The lowest BCUT2D eigenvalue weighted by Crippen LogP contribution is -2.25. The van der Waals surface area contributed by atoms with E-state index in [0.29, 0.717) is 17.3 Å². The molecule has 0 spiro atoms. The van der Waals surface area contributed by atoms with Gasteiger partial charge in [0, 0.05) is 6.54 Å². The monoisotopic (exact) mass is 285 g/mol. The minimum absolute atomic E-state index is 0.255. The number of nitrogens with zero attached hydrogens (tertiary/aromatic N) is 2. The summed E-state index contributed by atoms with van der Waals surface area (Å²) in [6, 6.07) is -0.728. The summed E-state index contributed by atoms with van der Waals surface area (Å²) in [6.45, 7) is 0.981. The largest absolute Gasteiger partial charge is 0.411 e. The number of aromatic nitrogens is 2. The average molecular weight is 286 g/mol. The van der Waals surface area contributed by atoms with Crippen molar-refractivity contribution in [2.45, 2.75) is 32.1 Å². The highest BCUT2D eigenvalue weighted by molar-refractivity contribution is 6.31. The fraction of sp³-hybridized carbons (Fsp3) is 0.700. The van der Waals surface area contributed by atoms with Crippen LogP contribution in [-0.4, -0.2) is 29.2 Å². The molecule has 18 heavy (non-hydrogen) atoms. The molecule has 0 amide bonds. The van der Waals surface area contributed by atoms with Crippen LogP contribution in [0.15, 0.2) is 6.20 Å². The zero-order valence-electron chi connectivity index (χ0n) is 9.88. The van der Waals surface area contributed by atoms with Crippen molar-refractivity contribution in [3.8, 4) is 0 Å². The summed E-state index contributed by atoms with van der Waals surface area (Å²) < 4.78 is 41.9. The third-order valence-corrected chi connectivity index (χ3v) is 2.47. The lowest BCUT2D eigenvalue weighted by molar-refractivity contribution is -0.174. The molecule has 1 heterocycles. The number of alkyl halides is 3. The highest BCUT2D eigenvalue weighted by Gasteiger charge is 2.28. The molecule has 1 rings (SSSR count). The van der Waals surface area contributed by atoms with E-state index in [2.05, 4.69) is 9.84 Å². The van der Waals surface area contributed by atoms with Crippen molar-refractivity contribution in [3.63, 3.8) is 0 Å². The van der Waals surface area contributed by atoms with Gasteiger partial charge in [0.25, 0.3) is 0 Å². The molecule has 0 aliphatic rings. The van der Waals surface area contributed by atoms with Crippen LogP contribution in [0.4, 0.5) is 13.2 Å². The fourth-order valence-corrected chi connectivity index (χ4v) is 1.79. The van der Waals surface area contributed by atoms with Gasteiger partial charge in [0.2, 0.25) is 0 Å². The molecule has 0 aromatic carbocycles. The molecule has 2 N–H and O–H groups in total. The quantitative estimate of drug-likeness (QED) is 0.874. The standard InChI is InChI=1S/C10H15ClF3N3O/c1-2-3-17-9(7(11)4-16-17)8(15)5-18-6-10(12,13)14/h4,8H,2-3,5-6,15H2,1H3. The second-order valence-electron chi connectivity index (χ2n) is 3.84. The number of rotatable bonds is 6. The Hall–Kier alpha value is -0.790. The average Bonchev–Trinajstić information content (AvgIpc) is 2.58. The van der Waals surface area contributed by atoms with Gasteiger partial charge in [-0.3, -0.25) is 4.68 Å². The number of halogens is 4. The molecule has 1 aromatic rings. The van der Waals surface area contributed by atoms with Gasteiger partial charge in [-0.25, -0.2) is 0 Å². The maximum Gasteiger partial charge on any atom is 0.411 e. The van der Waals surface area contributed by atoms with E-state index < -0.39 is 18.8 Å². The first-order valence-corrected chi connectivity index (χ1v) is 5.84. The van der Waals surface area contributed by atoms with Gasteiger partial charge in [0.1, 0.15) is 6.61 Å². The van der Waals surface area contributed by atoms with Gasteiger partial charge in [-0.2, -0.15) is 18.3 Å². The van der Waals surface area contributed by atoms with Gasteiger partial charge in [-0.05, 0) is 6.42 Å². The van der Waals surface area contributed by atoms with Crippen LogP contribution >= 0.6 is 11.6 Å². The summed E-state index contributed by atoms with van der Waals surface area (Å²) >= 11 is 5.90. The van der Waals surface area contributed by atoms with Gasteiger partial charge in [-0.15, -0.1) is 0 Å². The van der Waals surface area contributed by atoms with Crippen molar-refractivity contribution in [2.75, 3.05) is 13.2 Å². The van der Waals surface area contributed by atoms with Gasteiger partial charge in [0.15, 0.2) is 0 Å². The van der Waals surface area contributed by atoms with E-state index in [9.17, 15) is 13.2 Å². The predicted octanol–water partition coefficient (Wildman–Crippen LogP) is 2.53. The number of aryl methyl sites for hydroxylation is 1. The minimum Gasteiger partial charge on any atom is -0.370 e. The van der Waals surface area contributed by atoms with E-state index in [1.807, 2.05) is 6.92 Å². The summed E-state index contributed by atoms with van der Waals surface area (Å²) in [5, 5.41) is 4.35. The summed E-state index contributed by atoms with van der Waals surface area (Å²) in [6.07, 6.45) is -2.11. The molecule has 0 aliphatic heterocycles. The first-order chi connectivity index (χ1) is 8.35. The molecule has 0 saturated carbocycles. The molecule has 0 aliphatic carbocycles. The number of hydrogen-bond donors (Lipinski definition) is 1. The maximum atomic E-state index is 11.9. The van der Waals surface area contributed by atoms with Crippen molar-refractivity contribution in [1.82, 2.24) is 9.78 Å². The molecule has 0 bridgehead atoms. The molecule has 1 atom stereocenters. The zero-order chi connectivity index (χ0) is 13.8. The van der Waals surface area contributed by atoms with Crippen molar-refractivity contribution >= 4 is 11.6 Å². The summed E-state index contributed by atoms with van der Waals surface area (Å²) in [7, 11) is 0. The third kappa shape index (κ3) is 4.47. The van der Waals surface area contributed by atoms with Crippen molar-refractivity contribution < 1.29 is 17.9 Å². The lowest BCUT2D eigenvalue weighted by atomic mass is 10.2. The Morgan fingerprint density at radius 3 is 2.78 bits per heavy atom. The van der Waals surface area contributed by atoms with Crippen LogP contribution < -0.4 is 5.73 Å². The van der Waals surface area contributed by atoms with Crippen LogP contribution in [0.3, 0.4) is 0 Å². The van der Waals surface area contributed by atoms with E-state index in [-0.39, 0.29) is 6.61 Å². The van der Waals surface area contributed by atoms with E-state index in [4.69, 9.17) is 17.3 Å². The topological polar surface area (TPSA) is 53.1 Å². The lowest BCUT2D eigenvalue weighted by Gasteiger charge is -2.15. The fourth-order valence-electron chi connectivity index (χ4n) is 1.51. The van der Waals surface area contributed by atoms with Crippen LogP contribution in [0.25, 0.3) is 0 Å². The second kappa shape index (κ2) is 6.40. The van der Waals surface area contributed by atoms with E-state index >= 15 is 0 Å². The van der Waals surface area contributed by atoms with Crippen LogP contribution in [-0.2, 0) is 11.3 Å². The summed E-state index contributed by atoms with van der Waals surface area (Å²) in [4.78, 5) is 0. The Bertz CT molecular complexity index is 381. The van der Waals surface area contributed by atoms with E-state index in [1.54, 1.807) is 4.68 Å². The minimum atomic E-state index is -4.35. The van der Waals surface area contributed by atoms with Gasteiger partial charge in [0.05, 0.1) is 29.6 Å². The highest BCUT2D eigenvalue weighted by Crippen LogP contribution is 2.22. The number of nitrogens with two attached hydrogens (primary N) is 1. The summed E-state index contributed by atoms with van der Waals surface area (Å²) in [5.74, 6) is 0. The Morgan fingerprint density at radius 1 is 1.56 bits per heavy atom. The van der Waals surface area contributed by atoms with Crippen LogP contribution in [0.1, 0.15) is 25.1 Å². The zero-order valence-corrected chi connectivity index (χ0v) is 10.6. The van der Waals surface area contributed by atoms with Crippen molar-refractivity contribution in [1.29, 1.82) is 0 Å². The molecular formula is C10H15ClF3N3O. The molecule has 8 heteroatoms. The molecule has 0 radical (unpaired) electrons. The molecular weight excluding hydrogens is 271 g/mol. The Balaban J connectivity index is 2.60. The first kappa shape index (κ1) is 15.3. The summed E-state index contributed by atoms with van der Waals surface area (Å²) in [5.41, 5.74) is 6.26. The predicted molar refractivity (Wildman–Crippen MR) is 61.3 cm³/mol. The first-order valence-electron chi connectivity index (χ1n) is 5.46. The highest BCUT2D eigenvalue weighted by atomic mass is 35.5. The van der Waals surface area contributed by atoms with E-state index in [1.165, 1.54) is 6.20 Å². The Kier molecular flexibility index (Phi) is 5.43. The van der Waals surface area contributed by atoms with Gasteiger partial charge >= 0.3 is 6.18 Å². The van der Waals surface area contributed by atoms with Gasteiger partial charge in [-0.1, -0.05) is 18.5 Å². The Labute approximate surface area is 108 Å². The maximum absolute atomic E-state index is 11.9. The van der Waals surface area contributed by atoms with Gasteiger partial charge < -0.3 is 10.5 Å². The van der Waals surface area contributed by atoms with Crippen molar-refractivity contribution in [3.05, 3.63) is 16.9 Å². The van der Waals surface area contributed by atoms with Crippen LogP contribution in [0.2, 0.25) is 5.02 Å². The normalized spacial score (nSPS) is 13.9. The Morgan fingerprint density at radius 2 is 2.22 bits per heavy atom. The second-order valence-corrected chi connectivity index (χ2v) is 4.24. The molecule has 4 nitrogen and oxygen atoms in total. The third-order valence-electron chi connectivity index (χ3n) is 2.18. The SMILES string of the molecule is CCCn1ncc(Cl)c1C(N)COCC(F)(F)F.